The van der Waals surface area contributed by atoms with Crippen LogP contribution in [0.1, 0.15) is 31.2 Å². The zero-order valence-corrected chi connectivity index (χ0v) is 27.5. The van der Waals surface area contributed by atoms with Crippen molar-refractivity contribution in [1.82, 2.24) is 14.7 Å². The number of sulfonamides is 1. The molecule has 5 rings (SSSR count). The summed E-state index contributed by atoms with van der Waals surface area (Å²) in [6, 6.07) is 19.3. The third-order valence-electron chi connectivity index (χ3n) is 7.97. The van der Waals surface area contributed by atoms with Gasteiger partial charge in [-0.1, -0.05) is 40.2 Å². The lowest BCUT2D eigenvalue weighted by molar-refractivity contribution is -0.275. The summed E-state index contributed by atoms with van der Waals surface area (Å²) in [5.74, 6) is 1.73. The molecule has 1 saturated carbocycles. The Balaban J connectivity index is 1.13. The third-order valence-corrected chi connectivity index (χ3v) is 9.92. The maximum absolute atomic E-state index is 12.9. The van der Waals surface area contributed by atoms with E-state index in [4.69, 9.17) is 14.7 Å². The molecule has 246 valence electrons. The second-order valence-electron chi connectivity index (χ2n) is 11.2. The van der Waals surface area contributed by atoms with E-state index in [-0.39, 0.29) is 16.9 Å². The maximum atomic E-state index is 12.9. The summed E-state index contributed by atoms with van der Waals surface area (Å²) in [6.07, 6.45) is -0.932. The van der Waals surface area contributed by atoms with E-state index in [1.54, 1.807) is 7.11 Å². The van der Waals surface area contributed by atoms with Crippen LogP contribution in [0.4, 0.5) is 24.9 Å². The van der Waals surface area contributed by atoms with E-state index in [0.29, 0.717) is 25.0 Å². The Morgan fingerprint density at radius 3 is 2.30 bits per heavy atom. The largest absolute Gasteiger partial charge is 0.573 e. The molecule has 3 aromatic carbocycles. The zero-order chi connectivity index (χ0) is 32.7. The molecule has 0 amide bonds. The molecule has 3 N–H and O–H groups in total. The molecule has 1 aliphatic carbocycles. The quantitative estimate of drug-likeness (QED) is 0.133. The van der Waals surface area contributed by atoms with Crippen LogP contribution in [0.2, 0.25) is 0 Å². The van der Waals surface area contributed by atoms with Gasteiger partial charge in [0.05, 0.1) is 12.6 Å². The summed E-state index contributed by atoms with van der Waals surface area (Å²) in [5.41, 5.74) is 2.01. The van der Waals surface area contributed by atoms with Gasteiger partial charge < -0.3 is 20.1 Å². The molecular formula is C32H35BrF3N5O4S. The first-order chi connectivity index (χ1) is 22.0. The fraction of sp³-hybridized carbons (Fsp3) is 0.375. The third kappa shape index (κ3) is 9.23. The minimum absolute atomic E-state index is 0.0619. The smallest absolute Gasteiger partial charge is 0.497 e. The van der Waals surface area contributed by atoms with Crippen LogP contribution in [0, 0.1) is 11.8 Å². The van der Waals surface area contributed by atoms with Gasteiger partial charge >= 0.3 is 6.36 Å². The maximum Gasteiger partial charge on any atom is 0.573 e. The summed E-state index contributed by atoms with van der Waals surface area (Å²) >= 11 is 3.06. The van der Waals surface area contributed by atoms with Crippen LogP contribution < -0.4 is 24.8 Å². The molecule has 9 nitrogen and oxygen atoms in total. The van der Waals surface area contributed by atoms with Crippen molar-refractivity contribution in [2.24, 2.45) is 11.8 Å². The van der Waals surface area contributed by atoms with Gasteiger partial charge in [0.2, 0.25) is 16.0 Å². The van der Waals surface area contributed by atoms with E-state index < -0.39 is 27.0 Å². The number of ether oxygens (including phenoxy) is 2. The first-order valence-corrected chi connectivity index (χ1v) is 17.2. The van der Waals surface area contributed by atoms with Crippen molar-refractivity contribution >= 4 is 48.6 Å². The van der Waals surface area contributed by atoms with Gasteiger partial charge in [0.25, 0.3) is 0 Å². The highest BCUT2D eigenvalue weighted by Gasteiger charge is 2.34. The van der Waals surface area contributed by atoms with Gasteiger partial charge in [0.15, 0.2) is 5.75 Å². The lowest BCUT2D eigenvalue weighted by Crippen LogP contribution is -2.33. The van der Waals surface area contributed by atoms with Gasteiger partial charge in [0.1, 0.15) is 16.5 Å². The predicted octanol–water partition coefficient (Wildman–Crippen LogP) is 7.15. The molecule has 0 radical (unpaired) electrons. The number of benzene rings is 3. The van der Waals surface area contributed by atoms with Gasteiger partial charge in [-0.15, -0.1) is 13.2 Å². The Bertz CT molecular complexity index is 1730. The first-order valence-electron chi connectivity index (χ1n) is 14.9. The number of hydrogen-bond donors (Lipinski definition) is 3. The van der Waals surface area contributed by atoms with Crippen LogP contribution in [0.5, 0.6) is 11.5 Å². The van der Waals surface area contributed by atoms with Crippen molar-refractivity contribution in [2.45, 2.75) is 43.4 Å². The Hall–Kier alpha value is -3.62. The molecule has 0 saturated heterocycles. The number of methoxy groups -OCH3 is 1. The highest BCUT2D eigenvalue weighted by molar-refractivity contribution is 9.10. The van der Waals surface area contributed by atoms with Crippen molar-refractivity contribution < 1.29 is 31.1 Å². The number of nitrogens with zero attached hydrogens (tertiary/aromatic N) is 2. The number of hydrogen-bond acceptors (Lipinski definition) is 8. The molecule has 14 heteroatoms. The fourth-order valence-electron chi connectivity index (χ4n) is 5.50. The Kier molecular flexibility index (Phi) is 10.9. The molecule has 1 aliphatic rings. The molecule has 0 spiro atoms. The van der Waals surface area contributed by atoms with Gasteiger partial charge in [-0.05, 0) is 92.0 Å². The first kappa shape index (κ1) is 33.7. The fourth-order valence-corrected chi connectivity index (χ4v) is 7.06. The minimum Gasteiger partial charge on any atom is -0.497 e. The number of fused-ring (bicyclic) bond motifs is 1. The van der Waals surface area contributed by atoms with E-state index >= 15 is 0 Å². The number of anilines is 2. The molecule has 1 heterocycles. The molecule has 1 aromatic heterocycles. The Morgan fingerprint density at radius 2 is 1.61 bits per heavy atom. The Morgan fingerprint density at radius 1 is 0.913 bits per heavy atom. The number of aromatic nitrogens is 2. The standard InChI is InChI=1S/C32H35BrF3N5O4S/c1-44-25-13-10-21(11-14-25)16-17-37-30-26-4-2-3-5-27(26)40-31(41-30)38-19-22-6-8-23(9-7-22)20-39-46(42,43)29-15-12-24(33)18-28(29)45-32(34,35)36/h2-5,10-15,18,22-23,39H,6-9,16-17,19-20H2,1H3,(H2,37,38,40,41). The van der Waals surface area contributed by atoms with Crippen molar-refractivity contribution in [1.29, 1.82) is 0 Å². The van der Waals surface area contributed by atoms with Gasteiger partial charge in [-0.25, -0.2) is 18.1 Å². The number of nitrogens with one attached hydrogen (secondary N) is 3. The van der Waals surface area contributed by atoms with Crippen molar-refractivity contribution in [2.75, 3.05) is 37.4 Å². The zero-order valence-electron chi connectivity index (χ0n) is 25.1. The van der Waals surface area contributed by atoms with Crippen LogP contribution in [0.25, 0.3) is 10.9 Å². The average molecular weight is 723 g/mol. The summed E-state index contributed by atoms with van der Waals surface area (Å²) in [4.78, 5) is 8.91. The number of para-hydroxylation sites is 1. The molecule has 0 atom stereocenters. The molecular weight excluding hydrogens is 687 g/mol. The molecule has 0 aliphatic heterocycles. The van der Waals surface area contributed by atoms with Gasteiger partial charge in [-0.3, -0.25) is 0 Å². The van der Waals surface area contributed by atoms with Crippen LogP contribution in [-0.4, -0.2) is 51.5 Å². The number of alkyl halides is 3. The van der Waals surface area contributed by atoms with Crippen LogP contribution in [-0.2, 0) is 16.4 Å². The van der Waals surface area contributed by atoms with E-state index in [0.717, 1.165) is 66.7 Å². The average Bonchev–Trinajstić information content (AvgIpc) is 3.03. The molecule has 46 heavy (non-hydrogen) atoms. The predicted molar refractivity (Wildman–Crippen MR) is 175 cm³/mol. The second-order valence-corrected chi connectivity index (χ2v) is 13.8. The second kappa shape index (κ2) is 14.9. The van der Waals surface area contributed by atoms with Crippen molar-refractivity contribution in [3.05, 3.63) is 76.8 Å². The molecule has 0 unspecified atom stereocenters. The topological polar surface area (TPSA) is 114 Å². The molecule has 1 fully saturated rings. The van der Waals surface area contributed by atoms with Gasteiger partial charge in [0, 0.05) is 29.5 Å². The van der Waals surface area contributed by atoms with Gasteiger partial charge in [-0.2, -0.15) is 4.98 Å². The normalized spacial score (nSPS) is 17.1. The van der Waals surface area contributed by atoms with Crippen LogP contribution in [0.3, 0.4) is 0 Å². The summed E-state index contributed by atoms with van der Waals surface area (Å²) < 4.78 is 76.3. The lowest BCUT2D eigenvalue weighted by atomic mass is 9.82. The minimum atomic E-state index is -5.02. The molecule has 0 bridgehead atoms. The summed E-state index contributed by atoms with van der Waals surface area (Å²) in [7, 11) is -2.58. The van der Waals surface area contributed by atoms with E-state index in [1.807, 2.05) is 48.5 Å². The summed E-state index contributed by atoms with van der Waals surface area (Å²) in [5, 5.41) is 7.79. The van der Waals surface area contributed by atoms with Crippen LogP contribution >= 0.6 is 15.9 Å². The highest BCUT2D eigenvalue weighted by Crippen LogP contribution is 2.33. The Labute approximate surface area is 274 Å². The van der Waals surface area contributed by atoms with E-state index in [2.05, 4.69) is 36.0 Å². The lowest BCUT2D eigenvalue weighted by Gasteiger charge is -2.29. The SMILES string of the molecule is COc1ccc(CCNc2nc(NCC3CCC(CNS(=O)(=O)c4ccc(Br)cc4OC(F)(F)F)CC3)nc3ccccc23)cc1. The van der Waals surface area contributed by atoms with Crippen LogP contribution in [0.15, 0.2) is 76.1 Å². The number of rotatable bonds is 13. The van der Waals surface area contributed by atoms with E-state index in [1.165, 1.54) is 11.6 Å². The molecule has 4 aromatic rings. The van der Waals surface area contributed by atoms with E-state index in [9.17, 15) is 21.6 Å². The van der Waals surface area contributed by atoms with Crippen molar-refractivity contribution in [3.63, 3.8) is 0 Å². The number of halogens is 4. The monoisotopic (exact) mass is 721 g/mol. The highest BCUT2D eigenvalue weighted by atomic mass is 79.9. The summed E-state index contributed by atoms with van der Waals surface area (Å²) in [6.45, 7) is 1.49. The van der Waals surface area contributed by atoms with Crippen molar-refractivity contribution in [3.8, 4) is 11.5 Å².